The molecule has 6 heteroatoms. The van der Waals surface area contributed by atoms with Crippen LogP contribution in [0.5, 0.6) is 0 Å². The van der Waals surface area contributed by atoms with E-state index in [1.165, 1.54) is 16.1 Å². The molecule has 1 saturated carbocycles. The number of benzene rings is 1. The van der Waals surface area contributed by atoms with E-state index in [1.807, 2.05) is 11.0 Å². The lowest BCUT2D eigenvalue weighted by molar-refractivity contribution is -0.132. The van der Waals surface area contributed by atoms with Gasteiger partial charge in [0.2, 0.25) is 15.9 Å². The highest BCUT2D eigenvalue weighted by atomic mass is 32.2. The summed E-state index contributed by atoms with van der Waals surface area (Å²) in [6, 6.07) is 10.6. The van der Waals surface area contributed by atoms with Gasteiger partial charge in [0.05, 0.1) is 6.26 Å². The minimum absolute atomic E-state index is 0.0902. The van der Waals surface area contributed by atoms with Gasteiger partial charge >= 0.3 is 0 Å². The quantitative estimate of drug-likeness (QED) is 0.746. The van der Waals surface area contributed by atoms with Gasteiger partial charge in [-0.05, 0) is 43.6 Å². The summed E-state index contributed by atoms with van der Waals surface area (Å²) in [6.45, 7) is 1.91. The first-order chi connectivity index (χ1) is 11.9. The van der Waals surface area contributed by atoms with Crippen LogP contribution in [-0.2, 0) is 21.2 Å². The molecule has 25 heavy (non-hydrogen) atoms. The fourth-order valence-corrected chi connectivity index (χ4v) is 4.85. The molecule has 3 rings (SSSR count). The van der Waals surface area contributed by atoms with E-state index in [0.717, 1.165) is 45.2 Å². The number of likely N-dealkylation sites (tertiary alicyclic amines) is 1. The molecule has 0 bridgehead atoms. The molecule has 2 fully saturated rings. The third kappa shape index (κ3) is 5.28. The van der Waals surface area contributed by atoms with E-state index in [4.69, 9.17) is 0 Å². The number of piperidine rings is 1. The molecule has 1 aliphatic heterocycles. The molecule has 0 unspecified atom stereocenters. The Balaban J connectivity index is 1.43. The minimum Gasteiger partial charge on any atom is -0.343 e. The van der Waals surface area contributed by atoms with Crippen LogP contribution in [0.1, 0.15) is 37.7 Å². The van der Waals surface area contributed by atoms with Crippen LogP contribution in [0.3, 0.4) is 0 Å². The van der Waals surface area contributed by atoms with Crippen LogP contribution in [0, 0.1) is 5.92 Å². The van der Waals surface area contributed by atoms with Gasteiger partial charge in [-0.3, -0.25) is 4.79 Å². The molecule has 1 aromatic rings. The van der Waals surface area contributed by atoms with Crippen molar-refractivity contribution in [3.8, 4) is 0 Å². The summed E-state index contributed by atoms with van der Waals surface area (Å²) in [5.74, 6) is 0.720. The Labute approximate surface area is 151 Å². The first-order valence-electron chi connectivity index (χ1n) is 9.22. The predicted octanol–water partition coefficient (Wildman–Crippen LogP) is 2.28. The Morgan fingerprint density at radius 3 is 2.32 bits per heavy atom. The Morgan fingerprint density at radius 2 is 1.76 bits per heavy atom. The molecule has 2 aliphatic rings. The van der Waals surface area contributed by atoms with Gasteiger partial charge in [-0.1, -0.05) is 30.3 Å². The Hall–Kier alpha value is -1.40. The van der Waals surface area contributed by atoms with Gasteiger partial charge in [0, 0.05) is 32.1 Å². The maximum absolute atomic E-state index is 12.4. The van der Waals surface area contributed by atoms with Crippen molar-refractivity contribution < 1.29 is 13.2 Å². The van der Waals surface area contributed by atoms with Crippen molar-refractivity contribution in [1.29, 1.82) is 0 Å². The molecule has 1 amide bonds. The third-order valence-electron chi connectivity index (χ3n) is 5.26. The number of sulfonamides is 1. The number of nitrogens with zero attached hydrogens (tertiary/aromatic N) is 2. The number of carbonyl (C=O) groups excluding carboxylic acids is 1. The SMILES string of the molecule is CS(=O)(=O)N(CCC(=O)N1CCC(Cc2ccccc2)CC1)C1CC1. The zero-order valence-corrected chi connectivity index (χ0v) is 15.7. The lowest BCUT2D eigenvalue weighted by Crippen LogP contribution is -2.41. The molecule has 0 atom stereocenters. The Morgan fingerprint density at radius 1 is 1.12 bits per heavy atom. The van der Waals surface area contributed by atoms with Crippen LogP contribution in [0.2, 0.25) is 0 Å². The van der Waals surface area contributed by atoms with Gasteiger partial charge in [-0.2, -0.15) is 4.31 Å². The van der Waals surface area contributed by atoms with Crippen LogP contribution < -0.4 is 0 Å². The van der Waals surface area contributed by atoms with Gasteiger partial charge in [-0.15, -0.1) is 0 Å². The summed E-state index contributed by atoms with van der Waals surface area (Å²) in [5.41, 5.74) is 1.36. The van der Waals surface area contributed by atoms with Crippen LogP contribution in [0.25, 0.3) is 0 Å². The number of hydrogen-bond acceptors (Lipinski definition) is 3. The molecule has 0 N–H and O–H groups in total. The maximum atomic E-state index is 12.4. The molecule has 1 saturated heterocycles. The van der Waals surface area contributed by atoms with E-state index in [-0.39, 0.29) is 11.9 Å². The standard InChI is InChI=1S/C19H28N2O3S/c1-25(23,24)21(18-7-8-18)14-11-19(22)20-12-9-17(10-13-20)15-16-5-3-2-4-6-16/h2-6,17-18H,7-15H2,1H3. The van der Waals surface area contributed by atoms with Crippen molar-refractivity contribution in [1.82, 2.24) is 9.21 Å². The van der Waals surface area contributed by atoms with Gasteiger partial charge in [0.15, 0.2) is 0 Å². The second kappa shape index (κ2) is 7.87. The summed E-state index contributed by atoms with van der Waals surface area (Å²) in [5, 5.41) is 0. The minimum atomic E-state index is -3.21. The Kier molecular flexibility index (Phi) is 5.79. The van der Waals surface area contributed by atoms with Gasteiger partial charge in [0.1, 0.15) is 0 Å². The molecule has 0 spiro atoms. The molecule has 0 radical (unpaired) electrons. The average Bonchev–Trinajstić information content (AvgIpc) is 3.40. The summed E-state index contributed by atoms with van der Waals surface area (Å²) in [7, 11) is -3.21. The van der Waals surface area contributed by atoms with E-state index < -0.39 is 10.0 Å². The smallest absolute Gasteiger partial charge is 0.223 e. The second-order valence-corrected chi connectivity index (χ2v) is 9.30. The second-order valence-electron chi connectivity index (χ2n) is 7.37. The Bertz CT molecular complexity index is 678. The van der Waals surface area contributed by atoms with Gasteiger partial charge < -0.3 is 4.90 Å². The predicted molar refractivity (Wildman–Crippen MR) is 98.6 cm³/mol. The zero-order valence-electron chi connectivity index (χ0n) is 14.9. The molecular formula is C19H28N2O3S. The topological polar surface area (TPSA) is 57.7 Å². The maximum Gasteiger partial charge on any atom is 0.223 e. The van der Waals surface area contributed by atoms with Crippen molar-refractivity contribution in [2.24, 2.45) is 5.92 Å². The summed E-state index contributed by atoms with van der Waals surface area (Å²) < 4.78 is 25.1. The van der Waals surface area contributed by atoms with Crippen molar-refractivity contribution in [3.05, 3.63) is 35.9 Å². The fourth-order valence-electron chi connectivity index (χ4n) is 3.68. The molecular weight excluding hydrogens is 336 g/mol. The molecule has 1 aromatic carbocycles. The fraction of sp³-hybridized carbons (Fsp3) is 0.632. The van der Waals surface area contributed by atoms with Crippen molar-refractivity contribution >= 4 is 15.9 Å². The number of carbonyl (C=O) groups is 1. The first-order valence-corrected chi connectivity index (χ1v) is 11.1. The van der Waals surface area contributed by atoms with E-state index in [2.05, 4.69) is 24.3 Å². The first kappa shape index (κ1) is 18.4. The number of rotatable bonds is 7. The largest absolute Gasteiger partial charge is 0.343 e. The van der Waals surface area contributed by atoms with Crippen LogP contribution in [-0.4, -0.2) is 55.5 Å². The van der Waals surface area contributed by atoms with Crippen LogP contribution >= 0.6 is 0 Å². The molecule has 1 heterocycles. The van der Waals surface area contributed by atoms with E-state index in [9.17, 15) is 13.2 Å². The van der Waals surface area contributed by atoms with E-state index >= 15 is 0 Å². The normalized spacial score (nSPS) is 19.4. The molecule has 1 aliphatic carbocycles. The van der Waals surface area contributed by atoms with Crippen molar-refractivity contribution in [3.63, 3.8) is 0 Å². The zero-order chi connectivity index (χ0) is 17.9. The molecule has 138 valence electrons. The molecule has 0 aromatic heterocycles. The van der Waals surface area contributed by atoms with Crippen molar-refractivity contribution in [2.75, 3.05) is 25.9 Å². The molecule has 5 nitrogen and oxygen atoms in total. The van der Waals surface area contributed by atoms with Gasteiger partial charge in [0.25, 0.3) is 0 Å². The van der Waals surface area contributed by atoms with Crippen molar-refractivity contribution in [2.45, 2.75) is 44.6 Å². The number of hydrogen-bond donors (Lipinski definition) is 0. The third-order valence-corrected chi connectivity index (χ3v) is 6.59. The highest BCUT2D eigenvalue weighted by molar-refractivity contribution is 7.88. The summed E-state index contributed by atoms with van der Waals surface area (Å²) in [4.78, 5) is 14.4. The van der Waals surface area contributed by atoms with Gasteiger partial charge in [-0.25, -0.2) is 8.42 Å². The lowest BCUT2D eigenvalue weighted by atomic mass is 9.90. The van der Waals surface area contributed by atoms with E-state index in [1.54, 1.807) is 0 Å². The number of amides is 1. The highest BCUT2D eigenvalue weighted by Crippen LogP contribution is 2.29. The van der Waals surface area contributed by atoms with E-state index in [0.29, 0.717) is 18.9 Å². The monoisotopic (exact) mass is 364 g/mol. The summed E-state index contributed by atoms with van der Waals surface area (Å²) >= 11 is 0. The highest BCUT2D eigenvalue weighted by Gasteiger charge is 2.35. The summed E-state index contributed by atoms with van der Waals surface area (Å²) in [6.07, 6.45) is 6.51. The van der Waals surface area contributed by atoms with Crippen LogP contribution in [0.4, 0.5) is 0 Å². The lowest BCUT2D eigenvalue weighted by Gasteiger charge is -2.32. The van der Waals surface area contributed by atoms with Crippen LogP contribution in [0.15, 0.2) is 30.3 Å². The average molecular weight is 365 g/mol.